The van der Waals surface area contributed by atoms with Gasteiger partial charge in [0.15, 0.2) is 0 Å². The molecule has 1 aromatic rings. The Balaban J connectivity index is 3.65. The molecule has 182 valence electrons. The van der Waals surface area contributed by atoms with Gasteiger partial charge in [-0.15, -0.1) is 0 Å². The van der Waals surface area contributed by atoms with Crippen molar-refractivity contribution in [1.82, 2.24) is 0 Å². The van der Waals surface area contributed by atoms with E-state index in [9.17, 15) is 2.74 Å². The first-order chi connectivity index (χ1) is 15.9. The summed E-state index contributed by atoms with van der Waals surface area (Å²) in [5, 5.41) is 0. The molecule has 1 rings (SSSR count). The quantitative estimate of drug-likeness (QED) is 0.129. The number of hydrogen-bond donors (Lipinski definition) is 0. The van der Waals surface area contributed by atoms with Crippen molar-refractivity contribution in [2.45, 2.75) is 145 Å². The van der Waals surface area contributed by atoms with Crippen LogP contribution in [0, 0.1) is 0 Å². The van der Waals surface area contributed by atoms with E-state index in [2.05, 4.69) is 41.5 Å². The second-order valence-electron chi connectivity index (χ2n) is 10.2. The molecule has 0 aliphatic heterocycles. The van der Waals surface area contributed by atoms with E-state index in [-0.39, 0.29) is 0 Å². The van der Waals surface area contributed by atoms with Crippen molar-refractivity contribution in [3.8, 4) is 0 Å². The molecule has 31 heavy (non-hydrogen) atoms. The van der Waals surface area contributed by atoms with Gasteiger partial charge in [0.05, 0.1) is 0 Å². The van der Waals surface area contributed by atoms with Gasteiger partial charge in [-0.3, -0.25) is 0 Å². The van der Waals surface area contributed by atoms with Gasteiger partial charge in [-0.2, -0.15) is 0 Å². The van der Waals surface area contributed by atoms with E-state index in [0.717, 1.165) is 7.55 Å². The summed E-state index contributed by atoms with van der Waals surface area (Å²) >= 11 is -5.72. The van der Waals surface area contributed by atoms with Crippen LogP contribution >= 0.6 is 0 Å². The number of furan rings is 1. The number of unbranched alkanes of at least 4 members (excludes halogenated alkanes) is 6. The van der Waals surface area contributed by atoms with Gasteiger partial charge in [0.1, 0.15) is 0 Å². The molecule has 0 radical (unpaired) electrons. The standard InChI is InChI=1S/C4H2O.6C4H9.2Sn/c1-2-4-5-3-1;6*1-3-4-2;;/h1-2H;6*1,3-4H2,2H3;;/i1D,2D;;;;;;;;. The SMILES string of the molecule is [2H]c1[c]([Sn]([CH2]CCC)([CH2]CCC)[CH2]CCC)o[c]([Sn]([CH2]CCC)([CH2]CCC)[CH2]CCC)c1[2H]. The molecule has 0 aromatic carbocycles. The first-order valence-electron chi connectivity index (χ1n) is 15.0. The zero-order chi connectivity index (χ0) is 24.7. The van der Waals surface area contributed by atoms with Crippen LogP contribution in [0.4, 0.5) is 0 Å². The molecule has 0 atom stereocenters. The van der Waals surface area contributed by atoms with Crippen LogP contribution in [-0.4, -0.2) is 36.8 Å². The molecular weight excluding hydrogens is 590 g/mol. The number of hydrogen-bond acceptors (Lipinski definition) is 1. The van der Waals surface area contributed by atoms with E-state index in [0.29, 0.717) is 12.1 Å². The average Bonchev–Trinajstić information content (AvgIpc) is 3.14. The number of rotatable bonds is 20. The molecule has 0 amide bonds. The Bertz CT molecular complexity index is 548. The zero-order valence-corrected chi connectivity index (χ0v) is 27.8. The van der Waals surface area contributed by atoms with Crippen molar-refractivity contribution in [1.29, 1.82) is 0 Å². The van der Waals surface area contributed by atoms with E-state index >= 15 is 0 Å². The van der Waals surface area contributed by atoms with E-state index in [4.69, 9.17) is 4.42 Å². The molecule has 0 unspecified atom stereocenters. The Kier molecular flexibility index (Phi) is 14.8. The van der Waals surface area contributed by atoms with Gasteiger partial charge < -0.3 is 0 Å². The van der Waals surface area contributed by atoms with Gasteiger partial charge >= 0.3 is 209 Å². The monoisotopic (exact) mass is 650 g/mol. The second kappa shape index (κ2) is 17.3. The Morgan fingerprint density at radius 3 is 0.935 bits per heavy atom. The fraction of sp³-hybridized carbons (Fsp3) is 0.857. The van der Waals surface area contributed by atoms with Crippen LogP contribution in [0.2, 0.25) is 26.6 Å². The minimum atomic E-state index is -2.86. The summed E-state index contributed by atoms with van der Waals surface area (Å²) in [6, 6.07) is 1.10. The molecule has 0 saturated carbocycles. The summed E-state index contributed by atoms with van der Waals surface area (Å²) < 4.78 is 35.7. The molecule has 3 heteroatoms. The van der Waals surface area contributed by atoms with Crippen LogP contribution < -0.4 is 7.55 Å². The van der Waals surface area contributed by atoms with E-state index < -0.39 is 36.8 Å². The predicted molar refractivity (Wildman–Crippen MR) is 148 cm³/mol. The first-order valence-corrected chi connectivity index (χ1v) is 29.0. The maximum atomic E-state index is 9.19. The molecule has 0 saturated heterocycles. The van der Waals surface area contributed by atoms with Gasteiger partial charge in [-0.1, -0.05) is 0 Å². The van der Waals surface area contributed by atoms with E-state index in [1.54, 1.807) is 0 Å². The fourth-order valence-electron chi connectivity index (χ4n) is 5.27. The minimum absolute atomic E-state index is 0.551. The molecule has 0 aliphatic rings. The molecule has 1 aromatic heterocycles. The van der Waals surface area contributed by atoms with Gasteiger partial charge in [0, 0.05) is 0 Å². The summed E-state index contributed by atoms with van der Waals surface area (Å²) in [5.41, 5.74) is 0. The van der Waals surface area contributed by atoms with Crippen molar-refractivity contribution in [2.24, 2.45) is 0 Å². The maximum absolute atomic E-state index is 9.19. The van der Waals surface area contributed by atoms with Crippen LogP contribution in [-0.2, 0) is 0 Å². The third kappa shape index (κ3) is 9.57. The summed E-state index contributed by atoms with van der Waals surface area (Å²) in [6.45, 7) is 13.9. The molecular formula is C28H56OSn2. The zero-order valence-electron chi connectivity index (χ0n) is 24.1. The molecule has 0 N–H and O–H groups in total. The topological polar surface area (TPSA) is 13.1 Å². The molecule has 0 bridgehead atoms. The molecule has 1 heterocycles. The van der Waals surface area contributed by atoms with Crippen molar-refractivity contribution in [3.05, 3.63) is 12.1 Å². The van der Waals surface area contributed by atoms with E-state index in [1.807, 2.05) is 0 Å². The Hall–Kier alpha value is 0.877. The summed E-state index contributed by atoms with van der Waals surface area (Å²) in [6.07, 6.45) is 15.1. The summed E-state index contributed by atoms with van der Waals surface area (Å²) in [4.78, 5) is 0. The van der Waals surface area contributed by atoms with Gasteiger partial charge in [0.2, 0.25) is 0 Å². The normalized spacial score (nSPS) is 13.5. The van der Waals surface area contributed by atoms with Crippen LogP contribution in [0.1, 0.15) is 121 Å². The average molecular weight is 648 g/mol. The van der Waals surface area contributed by atoms with Gasteiger partial charge in [-0.05, 0) is 0 Å². The fourth-order valence-corrected chi connectivity index (χ4v) is 35.6. The van der Waals surface area contributed by atoms with Crippen LogP contribution in [0.25, 0.3) is 0 Å². The Labute approximate surface area is 207 Å². The predicted octanol–water partition coefficient (Wildman–Crippen LogP) is 9.39. The second-order valence-corrected chi connectivity index (χ2v) is 36.0. The molecule has 0 aliphatic carbocycles. The van der Waals surface area contributed by atoms with Crippen molar-refractivity contribution in [2.75, 3.05) is 0 Å². The third-order valence-electron chi connectivity index (χ3n) is 7.51. The van der Waals surface area contributed by atoms with E-state index in [1.165, 1.54) is 104 Å². The van der Waals surface area contributed by atoms with Crippen LogP contribution in [0.5, 0.6) is 0 Å². The first kappa shape index (κ1) is 26.5. The van der Waals surface area contributed by atoms with Crippen LogP contribution in [0.3, 0.4) is 0 Å². The van der Waals surface area contributed by atoms with Crippen molar-refractivity contribution < 1.29 is 7.16 Å². The van der Waals surface area contributed by atoms with Crippen LogP contribution in [0.15, 0.2) is 16.5 Å². The Morgan fingerprint density at radius 1 is 0.516 bits per heavy atom. The van der Waals surface area contributed by atoms with Crippen molar-refractivity contribution in [3.63, 3.8) is 0 Å². The summed E-state index contributed by atoms with van der Waals surface area (Å²) in [5.74, 6) is 0. The molecule has 1 nitrogen and oxygen atoms in total. The Morgan fingerprint density at radius 2 is 0.742 bits per heavy atom. The third-order valence-corrected chi connectivity index (χ3v) is 36.7. The molecule has 0 fully saturated rings. The van der Waals surface area contributed by atoms with Crippen molar-refractivity contribution >= 4 is 44.3 Å². The summed E-state index contributed by atoms with van der Waals surface area (Å²) in [7, 11) is 0. The van der Waals surface area contributed by atoms with Gasteiger partial charge in [-0.25, -0.2) is 0 Å². The van der Waals surface area contributed by atoms with Gasteiger partial charge in [0.25, 0.3) is 0 Å². The molecule has 0 spiro atoms.